The van der Waals surface area contributed by atoms with Gasteiger partial charge in [-0.1, -0.05) is 25.1 Å². The molecule has 1 unspecified atom stereocenters. The van der Waals surface area contributed by atoms with E-state index in [9.17, 15) is 0 Å². The highest BCUT2D eigenvalue weighted by molar-refractivity contribution is 5.33. The minimum absolute atomic E-state index is 0.0357. The molecule has 1 heterocycles. The Bertz CT molecular complexity index is 303. The van der Waals surface area contributed by atoms with Crippen LogP contribution in [0.4, 0.5) is 0 Å². The molecule has 82 valence electrons. The van der Waals surface area contributed by atoms with Gasteiger partial charge >= 0.3 is 0 Å². The zero-order valence-corrected chi connectivity index (χ0v) is 9.24. The Hall–Kier alpha value is -1.02. The molecule has 2 heteroatoms. The standard InChI is InChI=1S/C13H18O2/c1-2-11-7-3-4-8-12(11)15-13-9-5-6-10-14-13/h3-4,7-8,13H,2,5-6,9-10H2,1H3. The second kappa shape index (κ2) is 5.17. The van der Waals surface area contributed by atoms with Gasteiger partial charge in [-0.2, -0.15) is 0 Å². The fourth-order valence-corrected chi connectivity index (χ4v) is 1.86. The van der Waals surface area contributed by atoms with Crippen LogP contribution in [0, 0.1) is 0 Å². The van der Waals surface area contributed by atoms with Crippen molar-refractivity contribution >= 4 is 0 Å². The van der Waals surface area contributed by atoms with E-state index in [1.165, 1.54) is 12.0 Å². The number of ether oxygens (including phenoxy) is 2. The molecule has 0 spiro atoms. The maximum Gasteiger partial charge on any atom is 0.199 e. The molecule has 0 N–H and O–H groups in total. The summed E-state index contributed by atoms with van der Waals surface area (Å²) >= 11 is 0. The molecule has 1 fully saturated rings. The molecule has 0 aliphatic carbocycles. The quantitative estimate of drug-likeness (QED) is 0.756. The lowest BCUT2D eigenvalue weighted by Gasteiger charge is -2.24. The summed E-state index contributed by atoms with van der Waals surface area (Å²) in [5.41, 5.74) is 1.26. The number of hydrogen-bond donors (Lipinski definition) is 0. The Morgan fingerprint density at radius 3 is 2.93 bits per heavy atom. The maximum atomic E-state index is 5.86. The summed E-state index contributed by atoms with van der Waals surface area (Å²) in [5, 5.41) is 0. The van der Waals surface area contributed by atoms with Crippen LogP contribution >= 0.6 is 0 Å². The van der Waals surface area contributed by atoms with Gasteiger partial charge in [0.1, 0.15) is 5.75 Å². The highest BCUT2D eigenvalue weighted by Crippen LogP contribution is 2.23. The third kappa shape index (κ3) is 2.72. The largest absolute Gasteiger partial charge is 0.465 e. The predicted octanol–water partition coefficient (Wildman–Crippen LogP) is 3.15. The normalized spacial score (nSPS) is 21.3. The topological polar surface area (TPSA) is 18.5 Å². The molecule has 0 aromatic heterocycles. The van der Waals surface area contributed by atoms with Gasteiger partial charge in [-0.3, -0.25) is 0 Å². The molecule has 0 radical (unpaired) electrons. The van der Waals surface area contributed by atoms with Crippen molar-refractivity contribution < 1.29 is 9.47 Å². The lowest BCUT2D eigenvalue weighted by molar-refractivity contribution is -0.106. The van der Waals surface area contributed by atoms with Gasteiger partial charge in [-0.25, -0.2) is 0 Å². The van der Waals surface area contributed by atoms with Crippen LogP contribution < -0.4 is 4.74 Å². The first-order valence-electron chi connectivity index (χ1n) is 5.76. The van der Waals surface area contributed by atoms with Gasteiger partial charge in [-0.05, 0) is 30.9 Å². The molecule has 1 aromatic carbocycles. The van der Waals surface area contributed by atoms with Crippen LogP contribution in [-0.2, 0) is 11.2 Å². The van der Waals surface area contributed by atoms with Crippen LogP contribution in [0.5, 0.6) is 5.75 Å². The summed E-state index contributed by atoms with van der Waals surface area (Å²) in [7, 11) is 0. The van der Waals surface area contributed by atoms with E-state index < -0.39 is 0 Å². The SMILES string of the molecule is CCc1ccccc1OC1CCCCO1. The van der Waals surface area contributed by atoms with E-state index in [-0.39, 0.29) is 6.29 Å². The van der Waals surface area contributed by atoms with Crippen LogP contribution in [-0.4, -0.2) is 12.9 Å². The Morgan fingerprint density at radius 2 is 2.20 bits per heavy atom. The summed E-state index contributed by atoms with van der Waals surface area (Å²) in [5.74, 6) is 0.979. The van der Waals surface area contributed by atoms with E-state index in [0.29, 0.717) is 0 Å². The van der Waals surface area contributed by atoms with Crippen LogP contribution in [0.1, 0.15) is 31.7 Å². The minimum atomic E-state index is -0.0357. The fourth-order valence-electron chi connectivity index (χ4n) is 1.86. The first-order chi connectivity index (χ1) is 7.40. The molecular formula is C13H18O2. The average Bonchev–Trinajstić information content (AvgIpc) is 2.31. The first-order valence-corrected chi connectivity index (χ1v) is 5.76. The van der Waals surface area contributed by atoms with Gasteiger partial charge in [-0.15, -0.1) is 0 Å². The minimum Gasteiger partial charge on any atom is -0.465 e. The number of aryl methyl sites for hydroxylation is 1. The summed E-state index contributed by atoms with van der Waals surface area (Å²) in [4.78, 5) is 0. The summed E-state index contributed by atoms with van der Waals surface area (Å²) in [6, 6.07) is 8.19. The summed E-state index contributed by atoms with van der Waals surface area (Å²) in [6.07, 6.45) is 4.35. The highest BCUT2D eigenvalue weighted by atomic mass is 16.7. The second-order valence-electron chi connectivity index (χ2n) is 3.88. The monoisotopic (exact) mass is 206 g/mol. The average molecular weight is 206 g/mol. The number of hydrogen-bond acceptors (Lipinski definition) is 2. The predicted molar refractivity (Wildman–Crippen MR) is 60.0 cm³/mol. The van der Waals surface area contributed by atoms with Crippen molar-refractivity contribution in [3.05, 3.63) is 29.8 Å². The summed E-state index contributed by atoms with van der Waals surface area (Å²) in [6.45, 7) is 2.98. The van der Waals surface area contributed by atoms with Gasteiger partial charge < -0.3 is 9.47 Å². The van der Waals surface area contributed by atoms with Gasteiger partial charge in [0.05, 0.1) is 6.61 Å². The Balaban J connectivity index is 2.02. The van der Waals surface area contributed by atoms with Crippen LogP contribution in [0.3, 0.4) is 0 Å². The molecule has 1 atom stereocenters. The van der Waals surface area contributed by atoms with E-state index in [4.69, 9.17) is 9.47 Å². The molecule has 1 saturated heterocycles. The molecule has 15 heavy (non-hydrogen) atoms. The molecule has 1 aliphatic rings. The summed E-state index contributed by atoms with van der Waals surface area (Å²) < 4.78 is 11.4. The molecule has 2 rings (SSSR count). The van der Waals surface area contributed by atoms with Crippen molar-refractivity contribution in [2.24, 2.45) is 0 Å². The van der Waals surface area contributed by atoms with Gasteiger partial charge in [0, 0.05) is 6.42 Å². The Morgan fingerprint density at radius 1 is 1.33 bits per heavy atom. The van der Waals surface area contributed by atoms with E-state index >= 15 is 0 Å². The van der Waals surface area contributed by atoms with Gasteiger partial charge in [0.2, 0.25) is 0 Å². The van der Waals surface area contributed by atoms with Crippen molar-refractivity contribution in [3.8, 4) is 5.75 Å². The zero-order chi connectivity index (χ0) is 10.5. The van der Waals surface area contributed by atoms with Crippen LogP contribution in [0.2, 0.25) is 0 Å². The number of para-hydroxylation sites is 1. The van der Waals surface area contributed by atoms with Gasteiger partial charge in [0.15, 0.2) is 6.29 Å². The van der Waals surface area contributed by atoms with Crippen molar-refractivity contribution in [2.45, 2.75) is 38.9 Å². The molecular weight excluding hydrogens is 188 g/mol. The van der Waals surface area contributed by atoms with Crippen molar-refractivity contribution in [1.29, 1.82) is 0 Å². The van der Waals surface area contributed by atoms with E-state index in [1.807, 2.05) is 18.2 Å². The molecule has 0 bridgehead atoms. The molecule has 2 nitrogen and oxygen atoms in total. The van der Waals surface area contributed by atoms with Crippen molar-refractivity contribution in [1.82, 2.24) is 0 Å². The van der Waals surface area contributed by atoms with Crippen molar-refractivity contribution in [2.75, 3.05) is 6.61 Å². The van der Waals surface area contributed by atoms with Crippen LogP contribution in [0.15, 0.2) is 24.3 Å². The fraction of sp³-hybridized carbons (Fsp3) is 0.538. The smallest absolute Gasteiger partial charge is 0.199 e. The van der Waals surface area contributed by atoms with E-state index in [1.54, 1.807) is 0 Å². The zero-order valence-electron chi connectivity index (χ0n) is 9.24. The molecule has 0 saturated carbocycles. The Labute approximate surface area is 91.2 Å². The molecule has 1 aliphatic heterocycles. The number of benzene rings is 1. The lowest BCUT2D eigenvalue weighted by Crippen LogP contribution is -2.25. The third-order valence-corrected chi connectivity index (χ3v) is 2.75. The first kappa shape index (κ1) is 10.5. The number of rotatable bonds is 3. The maximum absolute atomic E-state index is 5.86. The van der Waals surface area contributed by atoms with E-state index in [2.05, 4.69) is 13.0 Å². The second-order valence-corrected chi connectivity index (χ2v) is 3.88. The lowest BCUT2D eigenvalue weighted by atomic mass is 10.1. The van der Waals surface area contributed by atoms with E-state index in [0.717, 1.165) is 31.6 Å². The Kier molecular flexibility index (Phi) is 3.62. The molecule has 0 amide bonds. The molecule has 1 aromatic rings. The van der Waals surface area contributed by atoms with Crippen LogP contribution in [0.25, 0.3) is 0 Å². The highest BCUT2D eigenvalue weighted by Gasteiger charge is 2.15. The van der Waals surface area contributed by atoms with Crippen molar-refractivity contribution in [3.63, 3.8) is 0 Å². The third-order valence-electron chi connectivity index (χ3n) is 2.75. The van der Waals surface area contributed by atoms with Gasteiger partial charge in [0.25, 0.3) is 0 Å².